The van der Waals surface area contributed by atoms with Gasteiger partial charge in [0.15, 0.2) is 0 Å². The number of nitriles is 1. The molecule has 5 nitrogen and oxygen atoms in total. The Bertz CT molecular complexity index is 1120. The SMILES string of the molecule is N#C/C(=C/c1cn(-c2ccccc2)nc1-c1ccc(Cl)cc1)C(=O)NC1CCCCC1. The summed E-state index contributed by atoms with van der Waals surface area (Å²) in [6, 6.07) is 19.3. The van der Waals surface area contributed by atoms with Gasteiger partial charge in [0.25, 0.3) is 5.91 Å². The highest BCUT2D eigenvalue weighted by molar-refractivity contribution is 6.30. The Labute approximate surface area is 187 Å². The molecule has 0 saturated heterocycles. The van der Waals surface area contributed by atoms with Crippen LogP contribution >= 0.6 is 11.6 Å². The third kappa shape index (κ3) is 5.04. The van der Waals surface area contributed by atoms with Crippen molar-refractivity contribution in [1.29, 1.82) is 5.26 Å². The van der Waals surface area contributed by atoms with E-state index in [0.717, 1.165) is 36.9 Å². The fourth-order valence-corrected chi connectivity index (χ4v) is 3.98. The second kappa shape index (κ2) is 9.63. The molecule has 0 unspecified atom stereocenters. The molecule has 0 radical (unpaired) electrons. The van der Waals surface area contributed by atoms with Gasteiger partial charge >= 0.3 is 0 Å². The Morgan fingerprint density at radius 2 is 1.81 bits per heavy atom. The van der Waals surface area contributed by atoms with Crippen LogP contribution in [0.15, 0.2) is 66.4 Å². The van der Waals surface area contributed by atoms with E-state index in [1.165, 1.54) is 6.42 Å². The summed E-state index contributed by atoms with van der Waals surface area (Å²) in [5.74, 6) is -0.330. The lowest BCUT2D eigenvalue weighted by Crippen LogP contribution is -2.36. The average molecular weight is 431 g/mol. The summed E-state index contributed by atoms with van der Waals surface area (Å²) < 4.78 is 1.75. The zero-order valence-electron chi connectivity index (χ0n) is 17.1. The highest BCUT2D eigenvalue weighted by Gasteiger charge is 2.19. The molecule has 2 aromatic carbocycles. The number of nitrogens with one attached hydrogen (secondary N) is 1. The second-order valence-corrected chi connectivity index (χ2v) is 8.13. The predicted octanol–water partition coefficient (Wildman–Crippen LogP) is 5.55. The van der Waals surface area contributed by atoms with Gasteiger partial charge in [-0.05, 0) is 43.2 Å². The van der Waals surface area contributed by atoms with Crippen LogP contribution < -0.4 is 5.32 Å². The summed E-state index contributed by atoms with van der Waals surface area (Å²) in [6.07, 6.45) is 8.82. The van der Waals surface area contributed by atoms with E-state index >= 15 is 0 Å². The fraction of sp³-hybridized carbons (Fsp3) is 0.240. The third-order valence-electron chi connectivity index (χ3n) is 5.49. The van der Waals surface area contributed by atoms with E-state index in [2.05, 4.69) is 11.4 Å². The van der Waals surface area contributed by atoms with Gasteiger partial charge in [-0.2, -0.15) is 10.4 Å². The molecule has 156 valence electrons. The van der Waals surface area contributed by atoms with Crippen molar-refractivity contribution in [1.82, 2.24) is 15.1 Å². The van der Waals surface area contributed by atoms with Crippen LogP contribution in [0.4, 0.5) is 0 Å². The Morgan fingerprint density at radius 3 is 2.48 bits per heavy atom. The minimum atomic E-state index is -0.330. The topological polar surface area (TPSA) is 70.7 Å². The number of para-hydroxylation sites is 1. The van der Waals surface area contributed by atoms with Crippen LogP contribution in [0, 0.1) is 11.3 Å². The summed E-state index contributed by atoms with van der Waals surface area (Å²) >= 11 is 6.05. The quantitative estimate of drug-likeness (QED) is 0.426. The Morgan fingerprint density at radius 1 is 1.10 bits per heavy atom. The van der Waals surface area contributed by atoms with Crippen molar-refractivity contribution in [2.75, 3.05) is 0 Å². The number of halogens is 1. The van der Waals surface area contributed by atoms with Crippen LogP contribution in [0.5, 0.6) is 0 Å². The zero-order chi connectivity index (χ0) is 21.6. The van der Waals surface area contributed by atoms with E-state index in [1.54, 1.807) is 22.9 Å². The second-order valence-electron chi connectivity index (χ2n) is 7.70. The first-order valence-electron chi connectivity index (χ1n) is 10.5. The predicted molar refractivity (Wildman–Crippen MR) is 123 cm³/mol. The summed E-state index contributed by atoms with van der Waals surface area (Å²) in [6.45, 7) is 0. The first-order chi connectivity index (χ1) is 15.1. The Kier molecular flexibility index (Phi) is 6.49. The smallest absolute Gasteiger partial charge is 0.262 e. The lowest BCUT2D eigenvalue weighted by molar-refractivity contribution is -0.117. The molecular weight excluding hydrogens is 408 g/mol. The van der Waals surface area contributed by atoms with Gasteiger partial charge in [-0.25, -0.2) is 4.68 Å². The van der Waals surface area contributed by atoms with Crippen molar-refractivity contribution >= 4 is 23.6 Å². The molecule has 1 aliphatic carbocycles. The highest BCUT2D eigenvalue weighted by Crippen LogP contribution is 2.27. The van der Waals surface area contributed by atoms with Gasteiger partial charge in [-0.15, -0.1) is 0 Å². The number of aromatic nitrogens is 2. The summed E-state index contributed by atoms with van der Waals surface area (Å²) in [5.41, 5.74) is 3.20. The van der Waals surface area contributed by atoms with Crippen molar-refractivity contribution in [3.63, 3.8) is 0 Å². The first kappa shape index (κ1) is 20.9. The molecular formula is C25H23ClN4O. The number of nitrogens with zero attached hydrogens (tertiary/aromatic N) is 3. The Balaban J connectivity index is 1.70. The van der Waals surface area contributed by atoms with Gasteiger partial charge < -0.3 is 5.32 Å². The van der Waals surface area contributed by atoms with Gasteiger partial charge in [0.2, 0.25) is 0 Å². The average Bonchev–Trinajstić information content (AvgIpc) is 3.23. The van der Waals surface area contributed by atoms with Gasteiger partial charge in [0.1, 0.15) is 11.6 Å². The molecule has 0 spiro atoms. The summed E-state index contributed by atoms with van der Waals surface area (Å²) in [7, 11) is 0. The van der Waals surface area contributed by atoms with Crippen molar-refractivity contribution < 1.29 is 4.79 Å². The van der Waals surface area contributed by atoms with E-state index in [1.807, 2.05) is 48.7 Å². The molecule has 1 amide bonds. The van der Waals surface area contributed by atoms with Crippen molar-refractivity contribution in [2.24, 2.45) is 0 Å². The number of carbonyl (C=O) groups is 1. The fourth-order valence-electron chi connectivity index (χ4n) is 3.85. The third-order valence-corrected chi connectivity index (χ3v) is 5.74. The minimum Gasteiger partial charge on any atom is -0.349 e. The van der Waals surface area contributed by atoms with Crippen LogP contribution in [0.2, 0.25) is 5.02 Å². The first-order valence-corrected chi connectivity index (χ1v) is 10.9. The molecule has 1 aliphatic rings. The number of hydrogen-bond acceptors (Lipinski definition) is 3. The van der Waals surface area contributed by atoms with E-state index in [4.69, 9.17) is 16.7 Å². The lowest BCUT2D eigenvalue weighted by atomic mass is 9.95. The standard InChI is InChI=1S/C25H23ClN4O/c26-21-13-11-18(12-14-21)24-20(17-30(29-24)23-9-5-2-6-10-23)15-19(16-27)25(31)28-22-7-3-1-4-8-22/h2,5-6,9-15,17,22H,1,3-4,7-8H2,(H,28,31)/b19-15-. The van der Waals surface area contributed by atoms with Crippen molar-refractivity contribution in [3.8, 4) is 23.0 Å². The highest BCUT2D eigenvalue weighted by atomic mass is 35.5. The molecule has 6 heteroatoms. The summed E-state index contributed by atoms with van der Waals surface area (Å²) in [4.78, 5) is 12.8. The van der Waals surface area contributed by atoms with E-state index in [9.17, 15) is 10.1 Å². The van der Waals surface area contributed by atoms with Gasteiger partial charge in [-0.1, -0.05) is 61.2 Å². The van der Waals surface area contributed by atoms with Crippen molar-refractivity contribution in [3.05, 3.63) is 77.0 Å². The van der Waals surface area contributed by atoms with E-state index in [0.29, 0.717) is 16.3 Å². The normalized spacial score (nSPS) is 14.8. The van der Waals surface area contributed by atoms with Crippen LogP contribution in [-0.2, 0) is 4.79 Å². The van der Waals surface area contributed by atoms with Crippen LogP contribution in [0.25, 0.3) is 23.0 Å². The van der Waals surface area contributed by atoms with E-state index < -0.39 is 0 Å². The molecule has 0 bridgehead atoms. The maximum Gasteiger partial charge on any atom is 0.262 e. The molecule has 1 fully saturated rings. The molecule has 31 heavy (non-hydrogen) atoms. The number of rotatable bonds is 5. The van der Waals surface area contributed by atoms with Gasteiger partial charge in [0.05, 0.1) is 11.4 Å². The van der Waals surface area contributed by atoms with Gasteiger partial charge in [-0.3, -0.25) is 4.79 Å². The Hall–Kier alpha value is -3.36. The molecule has 1 N–H and O–H groups in total. The molecule has 3 aromatic rings. The minimum absolute atomic E-state index is 0.0772. The summed E-state index contributed by atoms with van der Waals surface area (Å²) in [5, 5.41) is 18.1. The number of carbonyl (C=O) groups excluding carboxylic acids is 1. The number of benzene rings is 2. The van der Waals surface area contributed by atoms with E-state index in [-0.39, 0.29) is 17.5 Å². The van der Waals surface area contributed by atoms with Gasteiger partial charge in [0, 0.05) is 28.4 Å². The van der Waals surface area contributed by atoms with Crippen molar-refractivity contribution in [2.45, 2.75) is 38.1 Å². The lowest BCUT2D eigenvalue weighted by Gasteiger charge is -2.22. The maximum absolute atomic E-state index is 12.8. The van der Waals surface area contributed by atoms with Crippen LogP contribution in [0.3, 0.4) is 0 Å². The number of amides is 1. The number of hydrogen-bond donors (Lipinski definition) is 1. The largest absolute Gasteiger partial charge is 0.349 e. The molecule has 4 rings (SSSR count). The van der Waals surface area contributed by atoms with Crippen LogP contribution in [-0.4, -0.2) is 21.7 Å². The maximum atomic E-state index is 12.8. The zero-order valence-corrected chi connectivity index (χ0v) is 17.8. The molecule has 0 aliphatic heterocycles. The molecule has 1 saturated carbocycles. The molecule has 1 aromatic heterocycles. The molecule has 0 atom stereocenters. The monoisotopic (exact) mass is 430 g/mol. The van der Waals surface area contributed by atoms with Crippen LogP contribution in [0.1, 0.15) is 37.7 Å². The molecule has 1 heterocycles.